The molecule has 0 radical (unpaired) electrons. The van der Waals surface area contributed by atoms with Crippen molar-refractivity contribution < 1.29 is 14.6 Å². The zero-order chi connectivity index (χ0) is 13.2. The second-order valence-electron chi connectivity index (χ2n) is 4.68. The number of benzene rings is 2. The topological polar surface area (TPSA) is 38.7 Å². The van der Waals surface area contributed by atoms with Gasteiger partial charge in [0.05, 0.1) is 19.8 Å². The minimum Gasteiger partial charge on any atom is -0.497 e. The summed E-state index contributed by atoms with van der Waals surface area (Å²) in [7, 11) is 1.62. The zero-order valence-corrected chi connectivity index (χ0v) is 10.7. The molecule has 0 aliphatic carbocycles. The molecule has 98 valence electrons. The van der Waals surface area contributed by atoms with Crippen molar-refractivity contribution in [2.75, 3.05) is 13.7 Å². The predicted molar refractivity (Wildman–Crippen MR) is 72.6 cm³/mol. The summed E-state index contributed by atoms with van der Waals surface area (Å²) >= 11 is 0. The van der Waals surface area contributed by atoms with Gasteiger partial charge in [-0.15, -0.1) is 0 Å². The molecule has 1 aliphatic heterocycles. The van der Waals surface area contributed by atoms with Crippen LogP contribution in [0.25, 0.3) is 0 Å². The number of methoxy groups -OCH3 is 1. The van der Waals surface area contributed by atoms with E-state index in [0.717, 1.165) is 16.9 Å². The number of aliphatic hydroxyl groups excluding tert-OH is 1. The minimum absolute atomic E-state index is 0.0258. The molecule has 1 heterocycles. The van der Waals surface area contributed by atoms with Crippen molar-refractivity contribution in [2.24, 2.45) is 0 Å². The Hall–Kier alpha value is -2.00. The Balaban J connectivity index is 1.94. The number of rotatable bonds is 2. The Morgan fingerprint density at radius 2 is 1.95 bits per heavy atom. The van der Waals surface area contributed by atoms with Crippen LogP contribution in [-0.4, -0.2) is 18.8 Å². The summed E-state index contributed by atoms with van der Waals surface area (Å²) in [5.41, 5.74) is 1.91. The summed E-state index contributed by atoms with van der Waals surface area (Å²) in [5.74, 6) is 1.42. The van der Waals surface area contributed by atoms with Gasteiger partial charge in [0.2, 0.25) is 0 Å². The molecule has 0 saturated carbocycles. The number of fused-ring (bicyclic) bond motifs is 1. The van der Waals surface area contributed by atoms with Gasteiger partial charge in [0.15, 0.2) is 0 Å². The molecule has 3 nitrogen and oxygen atoms in total. The fraction of sp³-hybridized carbons (Fsp3) is 0.250. The van der Waals surface area contributed by atoms with Gasteiger partial charge in [-0.2, -0.15) is 0 Å². The van der Waals surface area contributed by atoms with Crippen LogP contribution in [0.15, 0.2) is 48.5 Å². The molecule has 0 fully saturated rings. The van der Waals surface area contributed by atoms with Gasteiger partial charge in [-0.3, -0.25) is 0 Å². The van der Waals surface area contributed by atoms with Gasteiger partial charge in [0.1, 0.15) is 11.5 Å². The lowest BCUT2D eigenvalue weighted by Gasteiger charge is -2.30. The third kappa shape index (κ3) is 2.17. The first-order chi connectivity index (χ1) is 9.29. The molecule has 0 spiro atoms. The summed E-state index contributed by atoms with van der Waals surface area (Å²) in [6.45, 7) is 0.478. The van der Waals surface area contributed by atoms with Gasteiger partial charge in [0, 0.05) is 17.5 Å². The number of hydrogen-bond donors (Lipinski definition) is 1. The predicted octanol–water partition coefficient (Wildman–Crippen LogP) is 2.90. The highest BCUT2D eigenvalue weighted by atomic mass is 16.5. The first-order valence-electron chi connectivity index (χ1n) is 6.33. The summed E-state index contributed by atoms with van der Waals surface area (Å²) in [6, 6.07) is 15.5. The Morgan fingerprint density at radius 1 is 1.16 bits per heavy atom. The lowest BCUT2D eigenvalue weighted by molar-refractivity contribution is 0.0887. The van der Waals surface area contributed by atoms with Crippen LogP contribution in [0.3, 0.4) is 0 Å². The van der Waals surface area contributed by atoms with E-state index in [2.05, 4.69) is 0 Å². The number of ether oxygens (including phenoxy) is 2. The van der Waals surface area contributed by atoms with E-state index in [4.69, 9.17) is 9.47 Å². The van der Waals surface area contributed by atoms with Crippen molar-refractivity contribution in [3.8, 4) is 11.5 Å². The summed E-state index contributed by atoms with van der Waals surface area (Å²) in [5, 5.41) is 10.5. The van der Waals surface area contributed by atoms with Gasteiger partial charge in [0.25, 0.3) is 0 Å². The molecule has 0 bridgehead atoms. The number of aliphatic hydroxyl groups is 1. The van der Waals surface area contributed by atoms with Crippen LogP contribution < -0.4 is 9.47 Å². The summed E-state index contributed by atoms with van der Waals surface area (Å²) in [4.78, 5) is 0. The summed E-state index contributed by atoms with van der Waals surface area (Å²) in [6.07, 6.45) is -0.544. The maximum atomic E-state index is 10.5. The van der Waals surface area contributed by atoms with Crippen LogP contribution in [0.5, 0.6) is 11.5 Å². The van der Waals surface area contributed by atoms with Crippen LogP contribution in [0.4, 0.5) is 0 Å². The second kappa shape index (κ2) is 4.94. The lowest BCUT2D eigenvalue weighted by Crippen LogP contribution is -2.24. The van der Waals surface area contributed by atoms with E-state index < -0.39 is 6.10 Å². The molecular formula is C16H16O3. The van der Waals surface area contributed by atoms with Gasteiger partial charge >= 0.3 is 0 Å². The fourth-order valence-corrected chi connectivity index (χ4v) is 2.48. The van der Waals surface area contributed by atoms with Gasteiger partial charge in [-0.25, -0.2) is 0 Å². The third-order valence-electron chi connectivity index (χ3n) is 3.57. The standard InChI is InChI=1S/C16H16O3/c1-18-12-7-8-13-15(9-12)19-10-14(16(13)17)11-5-3-2-4-6-11/h2-9,14,16-17H,10H2,1H3. The molecule has 3 heteroatoms. The van der Waals surface area contributed by atoms with Crippen LogP contribution in [0, 0.1) is 0 Å². The van der Waals surface area contributed by atoms with Crippen molar-refractivity contribution in [1.29, 1.82) is 0 Å². The Morgan fingerprint density at radius 3 is 2.68 bits per heavy atom. The molecule has 2 aromatic carbocycles. The molecule has 0 aromatic heterocycles. The smallest absolute Gasteiger partial charge is 0.128 e. The molecule has 2 unspecified atom stereocenters. The molecule has 2 atom stereocenters. The van der Waals surface area contributed by atoms with Crippen LogP contribution in [0.1, 0.15) is 23.1 Å². The highest BCUT2D eigenvalue weighted by Gasteiger charge is 2.30. The molecular weight excluding hydrogens is 240 g/mol. The second-order valence-corrected chi connectivity index (χ2v) is 4.68. The monoisotopic (exact) mass is 256 g/mol. The molecule has 0 amide bonds. The Labute approximate surface area is 112 Å². The largest absolute Gasteiger partial charge is 0.497 e. The van der Waals surface area contributed by atoms with E-state index >= 15 is 0 Å². The van der Waals surface area contributed by atoms with E-state index in [1.165, 1.54) is 0 Å². The Bertz CT molecular complexity index is 565. The van der Waals surface area contributed by atoms with E-state index in [-0.39, 0.29) is 5.92 Å². The lowest BCUT2D eigenvalue weighted by atomic mass is 9.87. The van der Waals surface area contributed by atoms with E-state index in [0.29, 0.717) is 12.4 Å². The molecule has 19 heavy (non-hydrogen) atoms. The van der Waals surface area contributed by atoms with Crippen LogP contribution in [-0.2, 0) is 0 Å². The van der Waals surface area contributed by atoms with Crippen LogP contribution in [0.2, 0.25) is 0 Å². The average Bonchev–Trinajstić information content (AvgIpc) is 2.48. The Kier molecular flexibility index (Phi) is 3.13. The van der Waals surface area contributed by atoms with Gasteiger partial charge in [-0.1, -0.05) is 30.3 Å². The quantitative estimate of drug-likeness (QED) is 0.898. The first kappa shape index (κ1) is 12.1. The molecule has 1 aliphatic rings. The maximum absolute atomic E-state index is 10.5. The van der Waals surface area contributed by atoms with Crippen molar-refractivity contribution in [2.45, 2.75) is 12.0 Å². The minimum atomic E-state index is -0.544. The molecule has 2 aromatic rings. The first-order valence-corrected chi connectivity index (χ1v) is 6.33. The average molecular weight is 256 g/mol. The zero-order valence-electron chi connectivity index (χ0n) is 10.7. The van der Waals surface area contributed by atoms with E-state index in [1.807, 2.05) is 48.5 Å². The van der Waals surface area contributed by atoms with Gasteiger partial charge in [-0.05, 0) is 17.7 Å². The SMILES string of the molecule is COc1ccc2c(c1)OCC(c1ccccc1)C2O. The van der Waals surface area contributed by atoms with E-state index in [9.17, 15) is 5.11 Å². The van der Waals surface area contributed by atoms with E-state index in [1.54, 1.807) is 7.11 Å². The van der Waals surface area contributed by atoms with Crippen LogP contribution >= 0.6 is 0 Å². The fourth-order valence-electron chi connectivity index (χ4n) is 2.48. The third-order valence-corrected chi connectivity index (χ3v) is 3.57. The highest BCUT2D eigenvalue weighted by Crippen LogP contribution is 2.41. The number of hydrogen-bond acceptors (Lipinski definition) is 3. The normalized spacial score (nSPS) is 21.4. The molecule has 1 N–H and O–H groups in total. The summed E-state index contributed by atoms with van der Waals surface area (Å²) < 4.78 is 10.9. The van der Waals surface area contributed by atoms with Crippen molar-refractivity contribution >= 4 is 0 Å². The van der Waals surface area contributed by atoms with Gasteiger partial charge < -0.3 is 14.6 Å². The van der Waals surface area contributed by atoms with Crippen molar-refractivity contribution in [3.05, 3.63) is 59.7 Å². The molecule has 0 saturated heterocycles. The van der Waals surface area contributed by atoms with Crippen molar-refractivity contribution in [3.63, 3.8) is 0 Å². The maximum Gasteiger partial charge on any atom is 0.128 e. The highest BCUT2D eigenvalue weighted by molar-refractivity contribution is 5.45. The molecule has 3 rings (SSSR count). The van der Waals surface area contributed by atoms with Crippen molar-refractivity contribution in [1.82, 2.24) is 0 Å².